The molecule has 0 aliphatic carbocycles. The lowest BCUT2D eigenvalue weighted by atomic mass is 10.0. The van der Waals surface area contributed by atoms with Crippen molar-refractivity contribution in [2.75, 3.05) is 5.32 Å². The lowest BCUT2D eigenvalue weighted by Crippen LogP contribution is -2.49. The van der Waals surface area contributed by atoms with Gasteiger partial charge in [0.25, 0.3) is 5.91 Å². The SMILES string of the molecule is O=C(NC(Nc1cccc(Cl)c1Cl)C(Cl)(Cl)Cl)c1cccc2ccccc12. The van der Waals surface area contributed by atoms with E-state index in [2.05, 4.69) is 10.6 Å². The molecule has 0 saturated carbocycles. The highest BCUT2D eigenvalue weighted by Crippen LogP contribution is 2.35. The predicted molar refractivity (Wildman–Crippen MR) is 116 cm³/mol. The van der Waals surface area contributed by atoms with Crippen LogP contribution >= 0.6 is 58.0 Å². The first kappa shape index (κ1) is 20.4. The summed E-state index contributed by atoms with van der Waals surface area (Å²) in [5, 5.41) is 7.97. The van der Waals surface area contributed by atoms with Gasteiger partial charge in [-0.2, -0.15) is 0 Å². The Bertz CT molecular complexity index is 982. The van der Waals surface area contributed by atoms with Gasteiger partial charge in [-0.15, -0.1) is 0 Å². The number of alkyl halides is 3. The number of anilines is 1. The van der Waals surface area contributed by atoms with E-state index in [0.717, 1.165) is 10.8 Å². The Balaban J connectivity index is 1.90. The van der Waals surface area contributed by atoms with E-state index in [0.29, 0.717) is 16.3 Å². The van der Waals surface area contributed by atoms with Gasteiger partial charge in [0, 0.05) is 5.56 Å². The molecule has 0 saturated heterocycles. The van der Waals surface area contributed by atoms with Gasteiger partial charge in [-0.25, -0.2) is 0 Å². The molecule has 1 amide bonds. The minimum Gasteiger partial charge on any atom is -0.361 e. The number of nitrogens with one attached hydrogen (secondary N) is 2. The van der Waals surface area contributed by atoms with Gasteiger partial charge in [0.2, 0.25) is 3.79 Å². The summed E-state index contributed by atoms with van der Waals surface area (Å²) < 4.78 is -1.84. The highest BCUT2D eigenvalue weighted by Gasteiger charge is 2.35. The normalized spacial score (nSPS) is 12.6. The molecule has 3 aromatic carbocycles. The van der Waals surface area contributed by atoms with Gasteiger partial charge in [-0.1, -0.05) is 100 Å². The van der Waals surface area contributed by atoms with Crippen molar-refractivity contribution in [1.82, 2.24) is 5.32 Å². The zero-order valence-electron chi connectivity index (χ0n) is 13.6. The number of rotatable bonds is 4. The van der Waals surface area contributed by atoms with Gasteiger partial charge >= 0.3 is 0 Å². The van der Waals surface area contributed by atoms with E-state index in [1.54, 1.807) is 30.3 Å². The van der Waals surface area contributed by atoms with Crippen molar-refractivity contribution in [3.8, 4) is 0 Å². The van der Waals surface area contributed by atoms with Crippen LogP contribution in [-0.4, -0.2) is 15.9 Å². The molecule has 140 valence electrons. The summed E-state index contributed by atoms with van der Waals surface area (Å²) in [6.07, 6.45) is -1.05. The number of carbonyl (C=O) groups excluding carboxylic acids is 1. The Morgan fingerprint density at radius 2 is 1.56 bits per heavy atom. The molecule has 0 aromatic heterocycles. The maximum Gasteiger partial charge on any atom is 0.253 e. The first-order valence-corrected chi connectivity index (χ1v) is 9.72. The van der Waals surface area contributed by atoms with Crippen LogP contribution in [0.15, 0.2) is 60.7 Å². The fourth-order valence-corrected chi connectivity index (χ4v) is 3.29. The zero-order chi connectivity index (χ0) is 19.6. The lowest BCUT2D eigenvalue weighted by Gasteiger charge is -2.28. The Morgan fingerprint density at radius 3 is 2.30 bits per heavy atom. The van der Waals surface area contributed by atoms with Crippen LogP contribution in [0, 0.1) is 0 Å². The smallest absolute Gasteiger partial charge is 0.253 e. The number of hydrogen-bond donors (Lipinski definition) is 2. The number of halogens is 5. The van der Waals surface area contributed by atoms with E-state index in [9.17, 15) is 4.79 Å². The van der Waals surface area contributed by atoms with E-state index in [4.69, 9.17) is 58.0 Å². The number of hydrogen-bond acceptors (Lipinski definition) is 2. The van der Waals surface area contributed by atoms with E-state index < -0.39 is 15.9 Å². The predicted octanol–water partition coefficient (Wildman–Crippen LogP) is 6.68. The van der Waals surface area contributed by atoms with Crippen molar-refractivity contribution in [3.63, 3.8) is 0 Å². The average Bonchev–Trinajstić information content (AvgIpc) is 2.63. The Hall–Kier alpha value is -1.36. The van der Waals surface area contributed by atoms with Gasteiger partial charge in [0.05, 0.1) is 15.7 Å². The van der Waals surface area contributed by atoms with Crippen LogP contribution < -0.4 is 10.6 Å². The molecule has 27 heavy (non-hydrogen) atoms. The Labute approximate surface area is 181 Å². The van der Waals surface area contributed by atoms with Crippen molar-refractivity contribution >= 4 is 80.4 Å². The first-order chi connectivity index (χ1) is 12.8. The number of benzene rings is 3. The van der Waals surface area contributed by atoms with Crippen LogP contribution in [0.4, 0.5) is 5.69 Å². The van der Waals surface area contributed by atoms with E-state index in [-0.39, 0.29) is 5.02 Å². The van der Waals surface area contributed by atoms with Gasteiger partial charge < -0.3 is 10.6 Å². The van der Waals surface area contributed by atoms with Crippen LogP contribution in [0.2, 0.25) is 10.0 Å². The monoisotopic (exact) mass is 460 g/mol. The van der Waals surface area contributed by atoms with Crippen LogP contribution in [0.1, 0.15) is 10.4 Å². The fourth-order valence-electron chi connectivity index (χ4n) is 2.60. The quantitative estimate of drug-likeness (QED) is 0.335. The molecule has 0 aliphatic rings. The van der Waals surface area contributed by atoms with Gasteiger partial charge in [0.1, 0.15) is 6.17 Å². The summed E-state index contributed by atoms with van der Waals surface area (Å²) in [5.74, 6) is -0.395. The first-order valence-electron chi connectivity index (χ1n) is 7.83. The van der Waals surface area contributed by atoms with Crippen molar-refractivity contribution in [1.29, 1.82) is 0 Å². The maximum absolute atomic E-state index is 12.9. The fraction of sp³-hybridized carbons (Fsp3) is 0.105. The molecule has 0 heterocycles. The molecule has 0 fully saturated rings. The summed E-state index contributed by atoms with van der Waals surface area (Å²) in [5.41, 5.74) is 0.894. The topological polar surface area (TPSA) is 41.1 Å². The third-order valence-corrected chi connectivity index (χ3v) is 5.36. The van der Waals surface area contributed by atoms with E-state index >= 15 is 0 Å². The summed E-state index contributed by atoms with van der Waals surface area (Å²) in [4.78, 5) is 12.9. The molecule has 0 aliphatic heterocycles. The largest absolute Gasteiger partial charge is 0.361 e. The Morgan fingerprint density at radius 1 is 0.889 bits per heavy atom. The van der Waals surface area contributed by atoms with Crippen molar-refractivity contribution in [2.24, 2.45) is 0 Å². The third kappa shape index (κ3) is 4.74. The summed E-state index contributed by atoms with van der Waals surface area (Å²) in [6, 6.07) is 17.9. The minimum absolute atomic E-state index is 0.262. The van der Waals surface area contributed by atoms with Crippen molar-refractivity contribution < 1.29 is 4.79 Å². The molecule has 0 bridgehead atoms. The summed E-state index contributed by atoms with van der Waals surface area (Å²) in [6.45, 7) is 0. The van der Waals surface area contributed by atoms with Crippen molar-refractivity contribution in [2.45, 2.75) is 9.96 Å². The number of fused-ring (bicyclic) bond motifs is 1. The molecule has 1 unspecified atom stereocenters. The summed E-state index contributed by atoms with van der Waals surface area (Å²) in [7, 11) is 0. The molecule has 0 spiro atoms. The molecule has 0 radical (unpaired) electrons. The molecular formula is C19H13Cl5N2O. The van der Waals surface area contributed by atoms with Crippen LogP contribution in [0.25, 0.3) is 10.8 Å². The number of carbonyl (C=O) groups is 1. The third-order valence-electron chi connectivity index (χ3n) is 3.89. The molecule has 3 nitrogen and oxygen atoms in total. The molecule has 8 heteroatoms. The number of amides is 1. The van der Waals surface area contributed by atoms with Crippen LogP contribution in [-0.2, 0) is 0 Å². The zero-order valence-corrected chi connectivity index (χ0v) is 17.4. The standard InChI is InChI=1S/C19H13Cl5N2O/c20-14-9-4-10-15(16(14)21)25-18(19(22,23)24)26-17(27)13-8-3-6-11-5-1-2-7-12(11)13/h1-10,18,25H,(H,26,27). The highest BCUT2D eigenvalue weighted by molar-refractivity contribution is 6.68. The second-order valence-electron chi connectivity index (χ2n) is 5.72. The molecule has 3 aromatic rings. The Kier molecular flexibility index (Phi) is 6.29. The van der Waals surface area contributed by atoms with E-state index in [1.165, 1.54) is 0 Å². The molecule has 3 rings (SSSR count). The van der Waals surface area contributed by atoms with Gasteiger partial charge in [0.15, 0.2) is 0 Å². The van der Waals surface area contributed by atoms with Crippen molar-refractivity contribution in [3.05, 3.63) is 76.3 Å². The minimum atomic E-state index is -1.84. The summed E-state index contributed by atoms with van der Waals surface area (Å²) >= 11 is 30.4. The molecule has 1 atom stereocenters. The van der Waals surface area contributed by atoms with Gasteiger partial charge in [-0.3, -0.25) is 4.79 Å². The van der Waals surface area contributed by atoms with Gasteiger partial charge in [-0.05, 0) is 29.0 Å². The van der Waals surface area contributed by atoms with E-state index in [1.807, 2.05) is 30.3 Å². The average molecular weight is 463 g/mol. The second-order valence-corrected chi connectivity index (χ2v) is 8.87. The molecule has 2 N–H and O–H groups in total. The highest BCUT2D eigenvalue weighted by atomic mass is 35.6. The van der Waals surface area contributed by atoms with Crippen LogP contribution in [0.3, 0.4) is 0 Å². The maximum atomic E-state index is 12.9. The van der Waals surface area contributed by atoms with Crippen LogP contribution in [0.5, 0.6) is 0 Å². The molecular weight excluding hydrogens is 449 g/mol. The lowest BCUT2D eigenvalue weighted by molar-refractivity contribution is 0.0943. The second kappa shape index (κ2) is 8.34.